The summed E-state index contributed by atoms with van der Waals surface area (Å²) in [5.41, 5.74) is 1.34. The van der Waals surface area contributed by atoms with Gasteiger partial charge in [0.15, 0.2) is 17.5 Å². The minimum absolute atomic E-state index is 0.169. The quantitative estimate of drug-likeness (QED) is 0.519. The van der Waals surface area contributed by atoms with Crippen LogP contribution in [0.2, 0.25) is 0 Å². The minimum atomic E-state index is -0.460. The van der Waals surface area contributed by atoms with Crippen molar-refractivity contribution >= 4 is 5.96 Å². The summed E-state index contributed by atoms with van der Waals surface area (Å²) in [6.45, 7) is 4.08. The number of methoxy groups -OCH3 is 3. The van der Waals surface area contributed by atoms with Gasteiger partial charge in [-0.15, -0.1) is 0 Å². The predicted molar refractivity (Wildman–Crippen MR) is 120 cm³/mol. The summed E-state index contributed by atoms with van der Waals surface area (Å²) in [4.78, 5) is 8.75. The van der Waals surface area contributed by atoms with Crippen LogP contribution in [0.4, 0.5) is 8.78 Å². The molecule has 0 radical (unpaired) electrons. The van der Waals surface area contributed by atoms with E-state index in [0.717, 1.165) is 50.4 Å². The van der Waals surface area contributed by atoms with E-state index < -0.39 is 11.6 Å². The third kappa shape index (κ3) is 5.59. The van der Waals surface area contributed by atoms with Crippen molar-refractivity contribution in [3.05, 3.63) is 53.1 Å². The molecule has 1 heterocycles. The van der Waals surface area contributed by atoms with Gasteiger partial charge in [0.2, 0.25) is 5.75 Å². The molecule has 1 fully saturated rings. The van der Waals surface area contributed by atoms with E-state index in [2.05, 4.69) is 20.1 Å². The number of hydrogen-bond donors (Lipinski definition) is 1. The SMILES string of the molecule is CN=C(NCc1cc(F)ccc1F)N1CCN(Cc2cc(OC)c(OC)c(OC)c2)CC1. The molecule has 0 bridgehead atoms. The number of rotatable bonds is 7. The van der Waals surface area contributed by atoms with E-state index in [0.29, 0.717) is 23.2 Å². The van der Waals surface area contributed by atoms with Crippen molar-refractivity contribution in [1.82, 2.24) is 15.1 Å². The molecule has 1 aliphatic heterocycles. The van der Waals surface area contributed by atoms with Crippen LogP contribution in [0.15, 0.2) is 35.3 Å². The van der Waals surface area contributed by atoms with Gasteiger partial charge in [0.1, 0.15) is 11.6 Å². The zero-order chi connectivity index (χ0) is 23.1. The van der Waals surface area contributed by atoms with Gasteiger partial charge < -0.3 is 24.4 Å². The van der Waals surface area contributed by atoms with Crippen LogP contribution in [0.1, 0.15) is 11.1 Å². The first-order valence-corrected chi connectivity index (χ1v) is 10.4. The van der Waals surface area contributed by atoms with Gasteiger partial charge in [-0.1, -0.05) is 0 Å². The van der Waals surface area contributed by atoms with Crippen molar-refractivity contribution in [2.45, 2.75) is 13.1 Å². The molecule has 2 aromatic carbocycles. The number of nitrogens with one attached hydrogen (secondary N) is 1. The number of hydrogen-bond acceptors (Lipinski definition) is 5. The van der Waals surface area contributed by atoms with Crippen LogP contribution in [0.3, 0.4) is 0 Å². The van der Waals surface area contributed by atoms with Gasteiger partial charge >= 0.3 is 0 Å². The zero-order valence-corrected chi connectivity index (χ0v) is 19.0. The summed E-state index contributed by atoms with van der Waals surface area (Å²) in [5.74, 6) is 1.61. The average Bonchev–Trinajstić information content (AvgIpc) is 2.81. The van der Waals surface area contributed by atoms with Crippen LogP contribution in [0.25, 0.3) is 0 Å². The molecule has 0 aliphatic carbocycles. The van der Waals surface area contributed by atoms with Gasteiger partial charge in [-0.05, 0) is 35.9 Å². The van der Waals surface area contributed by atoms with E-state index in [-0.39, 0.29) is 12.1 Å². The van der Waals surface area contributed by atoms with Gasteiger partial charge in [-0.2, -0.15) is 0 Å². The molecule has 174 valence electrons. The van der Waals surface area contributed by atoms with Crippen LogP contribution in [-0.2, 0) is 13.1 Å². The highest BCUT2D eigenvalue weighted by atomic mass is 19.1. The average molecular weight is 449 g/mol. The second kappa shape index (κ2) is 11.0. The maximum Gasteiger partial charge on any atom is 0.203 e. The van der Waals surface area contributed by atoms with E-state index in [1.165, 1.54) is 6.07 Å². The van der Waals surface area contributed by atoms with Crippen molar-refractivity contribution in [3.8, 4) is 17.2 Å². The lowest BCUT2D eigenvalue weighted by atomic mass is 10.1. The number of benzene rings is 2. The number of nitrogens with zero attached hydrogens (tertiary/aromatic N) is 3. The van der Waals surface area contributed by atoms with Crippen LogP contribution in [0, 0.1) is 11.6 Å². The molecule has 9 heteroatoms. The van der Waals surface area contributed by atoms with Gasteiger partial charge in [-0.3, -0.25) is 9.89 Å². The summed E-state index contributed by atoms with van der Waals surface area (Å²) < 4.78 is 43.6. The van der Waals surface area contributed by atoms with Crippen LogP contribution in [0.5, 0.6) is 17.2 Å². The molecule has 0 amide bonds. The third-order valence-electron chi connectivity index (χ3n) is 5.46. The zero-order valence-electron chi connectivity index (χ0n) is 19.0. The third-order valence-corrected chi connectivity index (χ3v) is 5.46. The largest absolute Gasteiger partial charge is 0.493 e. The molecular weight excluding hydrogens is 418 g/mol. The van der Waals surface area contributed by atoms with Crippen molar-refractivity contribution in [3.63, 3.8) is 0 Å². The Morgan fingerprint density at radius 2 is 1.62 bits per heavy atom. The van der Waals surface area contributed by atoms with E-state index in [9.17, 15) is 8.78 Å². The topological polar surface area (TPSA) is 58.6 Å². The maximum atomic E-state index is 13.9. The highest BCUT2D eigenvalue weighted by Crippen LogP contribution is 2.38. The fraction of sp³-hybridized carbons (Fsp3) is 0.435. The highest BCUT2D eigenvalue weighted by Gasteiger charge is 2.21. The predicted octanol–water partition coefficient (Wildman–Crippen LogP) is 2.88. The Kier molecular flexibility index (Phi) is 8.10. The van der Waals surface area contributed by atoms with Gasteiger partial charge in [0, 0.05) is 51.9 Å². The molecule has 1 aliphatic rings. The Hall–Kier alpha value is -3.07. The molecular formula is C23H30F2N4O3. The fourth-order valence-corrected chi connectivity index (χ4v) is 3.79. The fourth-order valence-electron chi connectivity index (χ4n) is 3.79. The van der Waals surface area contributed by atoms with E-state index in [1.54, 1.807) is 28.4 Å². The first kappa shape index (κ1) is 23.6. The van der Waals surface area contributed by atoms with Gasteiger partial charge in [0.25, 0.3) is 0 Å². The van der Waals surface area contributed by atoms with E-state index in [1.807, 2.05) is 12.1 Å². The standard InChI is InChI=1S/C23H30F2N4O3/c1-26-23(27-14-17-13-18(24)5-6-19(17)25)29-9-7-28(8-10-29)15-16-11-20(30-2)22(32-4)21(12-16)31-3/h5-6,11-13H,7-10,14-15H2,1-4H3,(H,26,27). The monoisotopic (exact) mass is 448 g/mol. The number of ether oxygens (including phenoxy) is 3. The summed E-state index contributed by atoms with van der Waals surface area (Å²) in [6, 6.07) is 7.37. The normalized spacial score (nSPS) is 14.9. The van der Waals surface area contributed by atoms with Crippen LogP contribution < -0.4 is 19.5 Å². The molecule has 32 heavy (non-hydrogen) atoms. The Labute approximate surface area is 187 Å². The van der Waals surface area contributed by atoms with Crippen LogP contribution >= 0.6 is 0 Å². The number of aliphatic imine (C=N–C) groups is 1. The Morgan fingerprint density at radius 1 is 0.969 bits per heavy atom. The molecule has 0 saturated carbocycles. The summed E-state index contributed by atoms with van der Waals surface area (Å²) >= 11 is 0. The highest BCUT2D eigenvalue weighted by molar-refractivity contribution is 5.80. The lowest BCUT2D eigenvalue weighted by molar-refractivity contribution is 0.172. The van der Waals surface area contributed by atoms with Gasteiger partial charge in [-0.25, -0.2) is 8.78 Å². The molecule has 3 rings (SSSR count). The molecule has 1 N–H and O–H groups in total. The second-order valence-electron chi connectivity index (χ2n) is 7.43. The van der Waals surface area contributed by atoms with Crippen molar-refractivity contribution < 1.29 is 23.0 Å². The molecule has 0 spiro atoms. The Balaban J connectivity index is 1.58. The number of halogens is 2. The van der Waals surface area contributed by atoms with Crippen molar-refractivity contribution in [2.75, 3.05) is 54.6 Å². The van der Waals surface area contributed by atoms with E-state index >= 15 is 0 Å². The molecule has 0 atom stereocenters. The Bertz CT molecular complexity index is 922. The number of guanidine groups is 1. The number of piperazine rings is 1. The Morgan fingerprint density at radius 3 is 2.19 bits per heavy atom. The lowest BCUT2D eigenvalue weighted by Gasteiger charge is -2.36. The molecule has 2 aromatic rings. The molecule has 0 unspecified atom stereocenters. The van der Waals surface area contributed by atoms with Gasteiger partial charge in [0.05, 0.1) is 21.3 Å². The molecule has 0 aromatic heterocycles. The first-order chi connectivity index (χ1) is 15.5. The summed E-state index contributed by atoms with van der Waals surface area (Å²) in [7, 11) is 6.48. The van der Waals surface area contributed by atoms with Crippen molar-refractivity contribution in [1.29, 1.82) is 0 Å². The van der Waals surface area contributed by atoms with E-state index in [4.69, 9.17) is 14.2 Å². The summed E-state index contributed by atoms with van der Waals surface area (Å²) in [6.07, 6.45) is 0. The van der Waals surface area contributed by atoms with Crippen molar-refractivity contribution in [2.24, 2.45) is 4.99 Å². The molecule has 7 nitrogen and oxygen atoms in total. The maximum absolute atomic E-state index is 13.9. The first-order valence-electron chi connectivity index (χ1n) is 10.4. The summed E-state index contributed by atoms with van der Waals surface area (Å²) in [5, 5.41) is 3.13. The molecule has 1 saturated heterocycles. The van der Waals surface area contributed by atoms with Crippen LogP contribution in [-0.4, -0.2) is 70.3 Å². The second-order valence-corrected chi connectivity index (χ2v) is 7.43. The lowest BCUT2D eigenvalue weighted by Crippen LogP contribution is -2.52. The smallest absolute Gasteiger partial charge is 0.203 e. The minimum Gasteiger partial charge on any atom is -0.493 e.